The summed E-state index contributed by atoms with van der Waals surface area (Å²) in [5.74, 6) is 0.175. The van der Waals surface area contributed by atoms with Gasteiger partial charge >= 0.3 is 0 Å². The van der Waals surface area contributed by atoms with Crippen molar-refractivity contribution < 1.29 is 4.79 Å². The normalized spacial score (nSPS) is 18.8. The van der Waals surface area contributed by atoms with Crippen LogP contribution in [0.15, 0.2) is 48.5 Å². The summed E-state index contributed by atoms with van der Waals surface area (Å²) in [4.78, 5) is 17.0. The number of hydrogen-bond donors (Lipinski definition) is 1. The Morgan fingerprint density at radius 3 is 2.45 bits per heavy atom. The Kier molecular flexibility index (Phi) is 5.94. The molecular formula is C24H28N4O. The van der Waals surface area contributed by atoms with E-state index in [0.717, 1.165) is 56.7 Å². The molecule has 1 aliphatic heterocycles. The van der Waals surface area contributed by atoms with Gasteiger partial charge in [0.05, 0.1) is 17.7 Å². The number of nitrogens with zero attached hydrogens (tertiary/aromatic N) is 3. The molecule has 1 saturated heterocycles. The second-order valence-corrected chi connectivity index (χ2v) is 8.13. The van der Waals surface area contributed by atoms with Gasteiger partial charge < -0.3 is 5.32 Å². The molecule has 2 aromatic carbocycles. The molecule has 0 aromatic heterocycles. The first-order valence-electron chi connectivity index (χ1n) is 10.5. The van der Waals surface area contributed by atoms with Gasteiger partial charge in [-0.15, -0.1) is 0 Å². The summed E-state index contributed by atoms with van der Waals surface area (Å²) >= 11 is 0. The van der Waals surface area contributed by atoms with E-state index in [4.69, 9.17) is 0 Å². The van der Waals surface area contributed by atoms with Crippen LogP contribution in [-0.2, 0) is 11.3 Å². The van der Waals surface area contributed by atoms with Crippen LogP contribution in [0.3, 0.4) is 0 Å². The lowest BCUT2D eigenvalue weighted by Gasteiger charge is -2.37. The third-order valence-electron chi connectivity index (χ3n) is 5.98. The number of hydrogen-bond acceptors (Lipinski definition) is 4. The fraction of sp³-hybridized carbons (Fsp3) is 0.417. The number of nitrogens with one attached hydrogen (secondary N) is 1. The molecule has 0 radical (unpaired) electrons. The number of carbonyl (C=O) groups is 1. The van der Waals surface area contributed by atoms with E-state index in [9.17, 15) is 10.1 Å². The molecule has 5 heteroatoms. The van der Waals surface area contributed by atoms with Crippen molar-refractivity contribution in [1.82, 2.24) is 15.1 Å². The third kappa shape index (κ3) is 4.84. The van der Waals surface area contributed by atoms with Crippen molar-refractivity contribution in [3.63, 3.8) is 0 Å². The van der Waals surface area contributed by atoms with Crippen LogP contribution in [0, 0.1) is 11.3 Å². The minimum atomic E-state index is -0.0442. The average Bonchev–Trinajstić information content (AvgIpc) is 3.58. The third-order valence-corrected chi connectivity index (χ3v) is 5.98. The highest BCUT2D eigenvalue weighted by Gasteiger charge is 2.29. The van der Waals surface area contributed by atoms with Crippen LogP contribution in [0.5, 0.6) is 0 Å². The van der Waals surface area contributed by atoms with Gasteiger partial charge in [0.15, 0.2) is 0 Å². The van der Waals surface area contributed by atoms with Gasteiger partial charge in [-0.25, -0.2) is 0 Å². The molecule has 1 N–H and O–H groups in total. The van der Waals surface area contributed by atoms with Crippen LogP contribution in [-0.4, -0.2) is 54.0 Å². The zero-order valence-corrected chi connectivity index (χ0v) is 17.0. The van der Waals surface area contributed by atoms with Crippen LogP contribution in [0.4, 0.5) is 0 Å². The standard InChI is InChI=1S/C24H28N4O/c1-18(24(29)26-22-10-11-22)28-14-12-27(13-15-28)17-19-6-8-20(9-7-19)23-5-3-2-4-21(23)16-25/h2-9,18,22H,10-15,17H2,1H3,(H,26,29)/t18-/m1/s1. The fourth-order valence-electron chi connectivity index (χ4n) is 3.90. The van der Waals surface area contributed by atoms with Crippen molar-refractivity contribution in [3.05, 3.63) is 59.7 Å². The van der Waals surface area contributed by atoms with Gasteiger partial charge in [-0.05, 0) is 42.5 Å². The monoisotopic (exact) mass is 388 g/mol. The molecule has 0 unspecified atom stereocenters. The van der Waals surface area contributed by atoms with Crippen LogP contribution >= 0.6 is 0 Å². The minimum absolute atomic E-state index is 0.0442. The number of rotatable bonds is 6. The lowest BCUT2D eigenvalue weighted by atomic mass is 9.99. The highest BCUT2D eigenvalue weighted by molar-refractivity contribution is 5.81. The van der Waals surface area contributed by atoms with Crippen molar-refractivity contribution in [2.45, 2.75) is 38.4 Å². The van der Waals surface area contributed by atoms with Crippen molar-refractivity contribution >= 4 is 5.91 Å². The predicted molar refractivity (Wildman–Crippen MR) is 114 cm³/mol. The molecule has 1 heterocycles. The number of benzene rings is 2. The average molecular weight is 389 g/mol. The Morgan fingerprint density at radius 1 is 1.10 bits per heavy atom. The zero-order chi connectivity index (χ0) is 20.2. The summed E-state index contributed by atoms with van der Waals surface area (Å²) in [5.41, 5.74) is 4.03. The summed E-state index contributed by atoms with van der Waals surface area (Å²) in [6.45, 7) is 6.72. The van der Waals surface area contributed by atoms with Gasteiger partial charge in [-0.1, -0.05) is 42.5 Å². The summed E-state index contributed by atoms with van der Waals surface area (Å²) in [6, 6.07) is 18.9. The molecule has 2 fully saturated rings. The summed E-state index contributed by atoms with van der Waals surface area (Å²) in [7, 11) is 0. The fourth-order valence-corrected chi connectivity index (χ4v) is 3.90. The van der Waals surface area contributed by atoms with Crippen LogP contribution < -0.4 is 5.32 Å². The van der Waals surface area contributed by atoms with Gasteiger partial charge in [0.1, 0.15) is 0 Å². The van der Waals surface area contributed by atoms with Crippen molar-refractivity contribution in [1.29, 1.82) is 5.26 Å². The molecule has 150 valence electrons. The van der Waals surface area contributed by atoms with Crippen LogP contribution in [0.25, 0.3) is 11.1 Å². The molecule has 0 spiro atoms. The van der Waals surface area contributed by atoms with Crippen LogP contribution in [0.1, 0.15) is 30.9 Å². The van der Waals surface area contributed by atoms with E-state index in [0.29, 0.717) is 11.6 Å². The zero-order valence-electron chi connectivity index (χ0n) is 17.0. The molecule has 29 heavy (non-hydrogen) atoms. The summed E-state index contributed by atoms with van der Waals surface area (Å²) < 4.78 is 0. The highest BCUT2D eigenvalue weighted by Crippen LogP contribution is 2.24. The molecule has 1 atom stereocenters. The Balaban J connectivity index is 1.30. The number of nitriles is 1. The van der Waals surface area contributed by atoms with Crippen LogP contribution in [0.2, 0.25) is 0 Å². The lowest BCUT2D eigenvalue weighted by molar-refractivity contribution is -0.126. The minimum Gasteiger partial charge on any atom is -0.352 e. The Morgan fingerprint density at radius 2 is 1.79 bits per heavy atom. The Bertz CT molecular complexity index is 890. The van der Waals surface area contributed by atoms with Crippen molar-refractivity contribution in [3.8, 4) is 17.2 Å². The molecule has 1 aliphatic carbocycles. The van der Waals surface area contributed by atoms with Gasteiger partial charge in [-0.2, -0.15) is 5.26 Å². The first-order valence-corrected chi connectivity index (χ1v) is 10.5. The van der Waals surface area contributed by atoms with E-state index in [1.165, 1.54) is 5.56 Å². The molecule has 0 bridgehead atoms. The number of carbonyl (C=O) groups excluding carboxylic acids is 1. The van der Waals surface area contributed by atoms with Gasteiger partial charge in [0, 0.05) is 38.8 Å². The van der Waals surface area contributed by atoms with Gasteiger partial charge in [0.25, 0.3) is 0 Å². The smallest absolute Gasteiger partial charge is 0.237 e. The predicted octanol–water partition coefficient (Wildman–Crippen LogP) is 3.01. The van der Waals surface area contributed by atoms with Gasteiger partial charge in [-0.3, -0.25) is 14.6 Å². The SMILES string of the molecule is C[C@H](C(=O)NC1CC1)N1CCN(Cc2ccc(-c3ccccc3C#N)cc2)CC1. The second-order valence-electron chi connectivity index (χ2n) is 8.13. The summed E-state index contributed by atoms with van der Waals surface area (Å²) in [5, 5.41) is 12.4. The number of amides is 1. The first-order chi connectivity index (χ1) is 14.1. The topological polar surface area (TPSA) is 59.4 Å². The van der Waals surface area contributed by atoms with E-state index >= 15 is 0 Å². The lowest BCUT2D eigenvalue weighted by Crippen LogP contribution is -2.53. The van der Waals surface area contributed by atoms with Gasteiger partial charge in [0.2, 0.25) is 5.91 Å². The maximum Gasteiger partial charge on any atom is 0.237 e. The molecule has 2 aromatic rings. The molecule has 4 rings (SSSR count). The summed E-state index contributed by atoms with van der Waals surface area (Å²) in [6.07, 6.45) is 2.26. The van der Waals surface area contributed by atoms with Crippen molar-refractivity contribution in [2.75, 3.05) is 26.2 Å². The Hall–Kier alpha value is -2.68. The molecule has 5 nitrogen and oxygen atoms in total. The molecule has 1 saturated carbocycles. The van der Waals surface area contributed by atoms with Crippen molar-refractivity contribution in [2.24, 2.45) is 0 Å². The second kappa shape index (κ2) is 8.77. The Labute approximate surface area is 172 Å². The maximum absolute atomic E-state index is 12.3. The maximum atomic E-state index is 12.3. The molecule has 1 amide bonds. The van der Waals surface area contributed by atoms with E-state index in [1.807, 2.05) is 31.2 Å². The molecular weight excluding hydrogens is 360 g/mol. The van der Waals surface area contributed by atoms with E-state index in [2.05, 4.69) is 45.5 Å². The quantitative estimate of drug-likeness (QED) is 0.826. The van der Waals surface area contributed by atoms with E-state index in [-0.39, 0.29) is 11.9 Å². The first kappa shape index (κ1) is 19.6. The van der Waals surface area contributed by atoms with E-state index < -0.39 is 0 Å². The number of piperazine rings is 1. The largest absolute Gasteiger partial charge is 0.352 e. The molecule has 2 aliphatic rings. The highest BCUT2D eigenvalue weighted by atomic mass is 16.2. The van der Waals surface area contributed by atoms with E-state index in [1.54, 1.807) is 0 Å².